The van der Waals surface area contributed by atoms with Crippen LogP contribution < -0.4 is 11.1 Å². The summed E-state index contributed by atoms with van der Waals surface area (Å²) in [5.74, 6) is -0.465. The summed E-state index contributed by atoms with van der Waals surface area (Å²) in [6.07, 6.45) is 0. The molecule has 1 unspecified atom stereocenters. The van der Waals surface area contributed by atoms with Crippen molar-refractivity contribution in [3.63, 3.8) is 0 Å². The average Bonchev–Trinajstić information content (AvgIpc) is 2.75. The molecule has 0 fully saturated rings. The van der Waals surface area contributed by atoms with Gasteiger partial charge in [0.15, 0.2) is 0 Å². The van der Waals surface area contributed by atoms with Gasteiger partial charge in [-0.1, -0.05) is 11.6 Å². The Labute approximate surface area is 127 Å². The van der Waals surface area contributed by atoms with Crippen LogP contribution >= 0.6 is 11.3 Å². The van der Waals surface area contributed by atoms with Gasteiger partial charge in [0, 0.05) is 24.2 Å². The summed E-state index contributed by atoms with van der Waals surface area (Å²) >= 11 is 1.34. The number of thiophene rings is 1. The number of nitrogens with one attached hydrogen (secondary N) is 1. The number of benzene rings is 1. The number of carbonyl (C=O) groups is 2. The van der Waals surface area contributed by atoms with Gasteiger partial charge in [-0.2, -0.15) is 0 Å². The number of likely N-dealkylation sites (N-methyl/N-ethyl adjacent to an activating group) is 1. The molecule has 112 valence electrons. The largest absolute Gasteiger partial charge is 0.397 e. The van der Waals surface area contributed by atoms with Gasteiger partial charge in [0.1, 0.15) is 10.9 Å². The van der Waals surface area contributed by atoms with E-state index in [-0.39, 0.29) is 11.8 Å². The quantitative estimate of drug-likeness (QED) is 0.910. The van der Waals surface area contributed by atoms with E-state index >= 15 is 0 Å². The summed E-state index contributed by atoms with van der Waals surface area (Å²) in [6, 6.07) is 5.32. The van der Waals surface area contributed by atoms with Crippen LogP contribution in [0.5, 0.6) is 0 Å². The Hall–Kier alpha value is -2.08. The standard InChI is InChI=1S/C15H19N3O2S/c1-8-5-6-11-10(7-8)12(16)13(21-11)14(19)17-9(2)15(20)18(3)4/h5-7,9H,16H2,1-4H3,(H,17,19). The molecule has 1 aromatic heterocycles. The number of carbonyl (C=O) groups excluding carboxylic acids is 2. The molecular formula is C15H19N3O2S. The predicted molar refractivity (Wildman–Crippen MR) is 86.6 cm³/mol. The van der Waals surface area contributed by atoms with Crippen LogP contribution in [0.15, 0.2) is 18.2 Å². The van der Waals surface area contributed by atoms with E-state index in [2.05, 4.69) is 5.32 Å². The van der Waals surface area contributed by atoms with Gasteiger partial charge in [-0.15, -0.1) is 11.3 Å². The minimum absolute atomic E-state index is 0.154. The van der Waals surface area contributed by atoms with Crippen molar-refractivity contribution in [2.24, 2.45) is 0 Å². The van der Waals surface area contributed by atoms with E-state index in [1.54, 1.807) is 21.0 Å². The number of nitrogens with two attached hydrogens (primary N) is 1. The van der Waals surface area contributed by atoms with E-state index in [1.165, 1.54) is 16.2 Å². The van der Waals surface area contributed by atoms with Crippen molar-refractivity contribution in [3.8, 4) is 0 Å². The van der Waals surface area contributed by atoms with E-state index in [1.807, 2.05) is 25.1 Å². The first-order chi connectivity index (χ1) is 9.81. The van der Waals surface area contributed by atoms with Gasteiger partial charge in [-0.05, 0) is 26.0 Å². The van der Waals surface area contributed by atoms with E-state index in [0.29, 0.717) is 10.6 Å². The van der Waals surface area contributed by atoms with E-state index < -0.39 is 6.04 Å². The summed E-state index contributed by atoms with van der Waals surface area (Å²) in [5, 5.41) is 3.58. The Morgan fingerprint density at radius 1 is 1.33 bits per heavy atom. The molecule has 1 aromatic carbocycles. The SMILES string of the molecule is Cc1ccc2sc(C(=O)NC(C)C(=O)N(C)C)c(N)c2c1. The highest BCUT2D eigenvalue weighted by molar-refractivity contribution is 7.21. The molecule has 0 aliphatic carbocycles. The Morgan fingerprint density at radius 3 is 2.62 bits per heavy atom. The van der Waals surface area contributed by atoms with Crippen molar-refractivity contribution < 1.29 is 9.59 Å². The smallest absolute Gasteiger partial charge is 0.264 e. The number of rotatable bonds is 3. The summed E-state index contributed by atoms with van der Waals surface area (Å²) in [6.45, 7) is 3.64. The number of hydrogen-bond acceptors (Lipinski definition) is 4. The molecule has 0 saturated heterocycles. The topological polar surface area (TPSA) is 75.4 Å². The normalized spacial score (nSPS) is 12.2. The van der Waals surface area contributed by atoms with E-state index in [9.17, 15) is 9.59 Å². The van der Waals surface area contributed by atoms with Gasteiger partial charge < -0.3 is 16.0 Å². The number of amides is 2. The number of anilines is 1. The summed E-state index contributed by atoms with van der Waals surface area (Å²) < 4.78 is 0.967. The van der Waals surface area contributed by atoms with Gasteiger partial charge in [0.25, 0.3) is 5.91 Å². The fraction of sp³-hybridized carbons (Fsp3) is 0.333. The number of nitrogen functional groups attached to an aromatic ring is 1. The first kappa shape index (κ1) is 15.3. The second-order valence-corrected chi connectivity index (χ2v) is 6.32. The predicted octanol–water partition coefficient (Wildman–Crippen LogP) is 2.00. The lowest BCUT2D eigenvalue weighted by Crippen LogP contribution is -2.44. The molecule has 5 nitrogen and oxygen atoms in total. The van der Waals surface area contributed by atoms with Crippen LogP contribution in [-0.2, 0) is 4.79 Å². The monoisotopic (exact) mass is 305 g/mol. The Balaban J connectivity index is 2.28. The van der Waals surface area contributed by atoms with E-state index in [0.717, 1.165) is 15.6 Å². The lowest BCUT2D eigenvalue weighted by Gasteiger charge is -2.17. The minimum Gasteiger partial charge on any atom is -0.397 e. The summed E-state index contributed by atoms with van der Waals surface area (Å²) in [7, 11) is 3.31. The number of fused-ring (bicyclic) bond motifs is 1. The molecule has 0 bridgehead atoms. The van der Waals surface area contributed by atoms with Crippen LogP contribution in [0.25, 0.3) is 10.1 Å². The summed E-state index contributed by atoms with van der Waals surface area (Å²) in [5.41, 5.74) is 7.64. The first-order valence-electron chi connectivity index (χ1n) is 6.62. The maximum Gasteiger partial charge on any atom is 0.264 e. The lowest BCUT2D eigenvalue weighted by molar-refractivity contribution is -0.130. The molecule has 2 aromatic rings. The third-order valence-corrected chi connectivity index (χ3v) is 4.43. The number of aryl methyl sites for hydroxylation is 1. The van der Waals surface area contributed by atoms with Crippen molar-refractivity contribution in [2.75, 3.05) is 19.8 Å². The van der Waals surface area contributed by atoms with Gasteiger partial charge >= 0.3 is 0 Å². The maximum absolute atomic E-state index is 12.3. The van der Waals surface area contributed by atoms with Crippen molar-refractivity contribution in [1.82, 2.24) is 10.2 Å². The van der Waals surface area contributed by atoms with E-state index in [4.69, 9.17) is 5.73 Å². The van der Waals surface area contributed by atoms with Crippen molar-refractivity contribution in [2.45, 2.75) is 19.9 Å². The van der Waals surface area contributed by atoms with Crippen LogP contribution in [0, 0.1) is 6.92 Å². The third kappa shape index (κ3) is 3.00. The van der Waals surface area contributed by atoms with Crippen LogP contribution in [0.2, 0.25) is 0 Å². The minimum atomic E-state index is -0.584. The molecule has 3 N–H and O–H groups in total. The molecule has 0 aliphatic heterocycles. The molecule has 2 amide bonds. The number of hydrogen-bond donors (Lipinski definition) is 2. The van der Waals surface area contributed by atoms with Crippen LogP contribution in [0.4, 0.5) is 5.69 Å². The highest BCUT2D eigenvalue weighted by Crippen LogP contribution is 2.34. The fourth-order valence-corrected chi connectivity index (χ4v) is 3.12. The average molecular weight is 305 g/mol. The molecule has 0 saturated carbocycles. The van der Waals surface area contributed by atoms with Gasteiger partial charge in [0.05, 0.1) is 5.69 Å². The van der Waals surface area contributed by atoms with Crippen LogP contribution in [0.3, 0.4) is 0 Å². The zero-order valence-electron chi connectivity index (χ0n) is 12.6. The maximum atomic E-state index is 12.3. The second kappa shape index (κ2) is 5.73. The highest BCUT2D eigenvalue weighted by atomic mass is 32.1. The Bertz CT molecular complexity index is 706. The molecular weight excluding hydrogens is 286 g/mol. The Kier molecular flexibility index (Phi) is 4.18. The molecule has 1 atom stereocenters. The molecule has 1 heterocycles. The van der Waals surface area contributed by atoms with Crippen LogP contribution in [0.1, 0.15) is 22.2 Å². The van der Waals surface area contributed by atoms with Crippen molar-refractivity contribution in [3.05, 3.63) is 28.6 Å². The third-order valence-electron chi connectivity index (χ3n) is 3.25. The van der Waals surface area contributed by atoms with Crippen molar-refractivity contribution >= 4 is 38.9 Å². The fourth-order valence-electron chi connectivity index (χ4n) is 2.11. The van der Waals surface area contributed by atoms with Gasteiger partial charge in [0.2, 0.25) is 5.91 Å². The molecule has 0 spiro atoms. The zero-order valence-corrected chi connectivity index (χ0v) is 13.4. The Morgan fingerprint density at radius 2 is 2.00 bits per heavy atom. The highest BCUT2D eigenvalue weighted by Gasteiger charge is 2.21. The number of nitrogens with zero attached hydrogens (tertiary/aromatic N) is 1. The lowest BCUT2D eigenvalue weighted by atomic mass is 10.1. The zero-order chi connectivity index (χ0) is 15.7. The molecule has 21 heavy (non-hydrogen) atoms. The first-order valence-corrected chi connectivity index (χ1v) is 7.43. The van der Waals surface area contributed by atoms with Gasteiger partial charge in [-0.3, -0.25) is 9.59 Å². The molecule has 2 rings (SSSR count). The van der Waals surface area contributed by atoms with Gasteiger partial charge in [-0.25, -0.2) is 0 Å². The van der Waals surface area contributed by atoms with Crippen molar-refractivity contribution in [1.29, 1.82) is 0 Å². The summed E-state index contributed by atoms with van der Waals surface area (Å²) in [4.78, 5) is 26.0. The van der Waals surface area contributed by atoms with Crippen LogP contribution in [-0.4, -0.2) is 36.9 Å². The molecule has 6 heteroatoms. The molecule has 0 aliphatic rings. The molecule has 0 radical (unpaired) electrons. The second-order valence-electron chi connectivity index (χ2n) is 5.27.